The van der Waals surface area contributed by atoms with Gasteiger partial charge in [-0.05, 0) is 86.6 Å². The van der Waals surface area contributed by atoms with Gasteiger partial charge in [0.15, 0.2) is 0 Å². The van der Waals surface area contributed by atoms with Crippen LogP contribution in [-0.2, 0) is 0 Å². The summed E-state index contributed by atoms with van der Waals surface area (Å²) in [5.41, 5.74) is 13.6. The number of aromatic nitrogens is 2. The van der Waals surface area contributed by atoms with Crippen LogP contribution < -0.4 is 0 Å². The molecule has 0 saturated carbocycles. The van der Waals surface area contributed by atoms with Gasteiger partial charge in [0.1, 0.15) is 17.0 Å². The third-order valence-electron chi connectivity index (χ3n) is 9.15. The number of hydrogen-bond acceptors (Lipinski definition) is 2. The van der Waals surface area contributed by atoms with Crippen molar-refractivity contribution in [3.05, 3.63) is 146 Å². The Morgan fingerprint density at radius 3 is 2.05 bits per heavy atom. The smallest absolute Gasteiger partial charge is 0.145 e. The zero-order valence-corrected chi connectivity index (χ0v) is 23.7. The van der Waals surface area contributed by atoms with Crippen LogP contribution in [0.2, 0.25) is 0 Å². The maximum Gasteiger partial charge on any atom is 0.145 e. The molecule has 0 radical (unpaired) electrons. The average molecular weight is 561 g/mol. The monoisotopic (exact) mass is 560 g/mol. The van der Waals surface area contributed by atoms with Gasteiger partial charge in [0.25, 0.3) is 0 Å². The van der Waals surface area contributed by atoms with Gasteiger partial charge in [-0.2, -0.15) is 0 Å². The van der Waals surface area contributed by atoms with E-state index in [9.17, 15) is 0 Å². The molecule has 3 heteroatoms. The van der Waals surface area contributed by atoms with Crippen LogP contribution in [0.3, 0.4) is 0 Å². The van der Waals surface area contributed by atoms with Gasteiger partial charge in [-0.15, -0.1) is 0 Å². The highest BCUT2D eigenvalue weighted by Crippen LogP contribution is 2.50. The van der Waals surface area contributed by atoms with Gasteiger partial charge >= 0.3 is 0 Å². The van der Waals surface area contributed by atoms with E-state index >= 15 is 0 Å². The molecule has 0 atom stereocenters. The minimum Gasteiger partial charge on any atom is -0.456 e. The van der Waals surface area contributed by atoms with Crippen molar-refractivity contribution in [1.29, 1.82) is 0 Å². The van der Waals surface area contributed by atoms with Crippen molar-refractivity contribution in [2.75, 3.05) is 0 Å². The first-order chi connectivity index (χ1) is 21.8. The van der Waals surface area contributed by atoms with Crippen molar-refractivity contribution >= 4 is 43.7 Å². The lowest BCUT2D eigenvalue weighted by Crippen LogP contribution is -1.97. The lowest BCUT2D eigenvalue weighted by molar-refractivity contribution is 0.669. The molecule has 0 bridgehead atoms. The van der Waals surface area contributed by atoms with E-state index in [1.54, 1.807) is 0 Å². The number of furan rings is 1. The molecule has 204 valence electrons. The molecule has 1 aliphatic rings. The highest BCUT2D eigenvalue weighted by molar-refractivity contribution is 6.28. The van der Waals surface area contributed by atoms with Crippen molar-refractivity contribution in [2.24, 2.45) is 0 Å². The topological polar surface area (TPSA) is 31.0 Å². The molecular weight excluding hydrogens is 536 g/mol. The first-order valence-corrected chi connectivity index (χ1v) is 15.0. The highest BCUT2D eigenvalue weighted by Gasteiger charge is 2.24. The standard InChI is InChI=1S/C41H24N2O/c1-2-9-26(10-3-1)41-42-35-15-6-7-16-36(35)43(41)28-20-17-25(18-21-28)27-19-22-37-34(23-27)40-32-14-8-13-31-29-11-4-5-12-30(29)33(39(31)32)24-38(40)44-37/h1-24H. The molecule has 1 aliphatic carbocycles. The average Bonchev–Trinajstić information content (AvgIpc) is 3.76. The number of fused-ring (bicyclic) bond motifs is 8. The Balaban J connectivity index is 1.12. The third kappa shape index (κ3) is 3.24. The van der Waals surface area contributed by atoms with Crippen molar-refractivity contribution in [1.82, 2.24) is 9.55 Å². The molecular formula is C41H24N2O. The number of rotatable bonds is 3. The molecule has 0 unspecified atom stereocenters. The molecule has 0 spiro atoms. The van der Waals surface area contributed by atoms with Gasteiger partial charge in [0.2, 0.25) is 0 Å². The molecule has 0 saturated heterocycles. The molecule has 7 aromatic carbocycles. The zero-order chi connectivity index (χ0) is 28.8. The van der Waals surface area contributed by atoms with Crippen molar-refractivity contribution in [3.8, 4) is 50.5 Å². The minimum absolute atomic E-state index is 0.912. The van der Waals surface area contributed by atoms with E-state index in [2.05, 4.69) is 138 Å². The van der Waals surface area contributed by atoms with Crippen LogP contribution >= 0.6 is 0 Å². The molecule has 9 aromatic rings. The van der Waals surface area contributed by atoms with Crippen LogP contribution in [0.5, 0.6) is 0 Å². The molecule has 2 heterocycles. The fourth-order valence-electron chi connectivity index (χ4n) is 7.19. The van der Waals surface area contributed by atoms with Crippen molar-refractivity contribution in [3.63, 3.8) is 0 Å². The summed E-state index contributed by atoms with van der Waals surface area (Å²) >= 11 is 0. The first-order valence-electron chi connectivity index (χ1n) is 15.0. The quantitative estimate of drug-likeness (QED) is 0.215. The van der Waals surface area contributed by atoms with E-state index in [0.717, 1.165) is 55.8 Å². The predicted octanol–water partition coefficient (Wildman–Crippen LogP) is 11.1. The maximum atomic E-state index is 6.49. The van der Waals surface area contributed by atoms with E-state index in [-0.39, 0.29) is 0 Å². The van der Waals surface area contributed by atoms with Crippen LogP contribution in [0.4, 0.5) is 0 Å². The number of nitrogens with zero attached hydrogens (tertiary/aromatic N) is 2. The Labute approximate surface area is 253 Å². The molecule has 2 aromatic heterocycles. The summed E-state index contributed by atoms with van der Waals surface area (Å²) in [6.45, 7) is 0. The highest BCUT2D eigenvalue weighted by atomic mass is 16.3. The largest absolute Gasteiger partial charge is 0.456 e. The first kappa shape index (κ1) is 23.6. The van der Waals surface area contributed by atoms with E-state index in [4.69, 9.17) is 9.40 Å². The Hall–Kier alpha value is -5.93. The fraction of sp³-hybridized carbons (Fsp3) is 0. The summed E-state index contributed by atoms with van der Waals surface area (Å²) in [6, 6.07) is 51.7. The molecule has 44 heavy (non-hydrogen) atoms. The van der Waals surface area contributed by atoms with E-state index in [1.165, 1.54) is 38.4 Å². The van der Waals surface area contributed by atoms with Gasteiger partial charge in [0, 0.05) is 22.0 Å². The van der Waals surface area contributed by atoms with Gasteiger partial charge in [-0.25, -0.2) is 4.98 Å². The van der Waals surface area contributed by atoms with Crippen LogP contribution in [0.1, 0.15) is 0 Å². The van der Waals surface area contributed by atoms with E-state index < -0.39 is 0 Å². The Morgan fingerprint density at radius 1 is 0.455 bits per heavy atom. The molecule has 0 fully saturated rings. The number of benzene rings is 7. The zero-order valence-electron chi connectivity index (χ0n) is 23.7. The summed E-state index contributed by atoms with van der Waals surface area (Å²) < 4.78 is 8.74. The van der Waals surface area contributed by atoms with Gasteiger partial charge in [-0.1, -0.05) is 103 Å². The summed E-state index contributed by atoms with van der Waals surface area (Å²) in [5, 5.41) is 4.90. The second kappa shape index (κ2) is 8.79. The summed E-state index contributed by atoms with van der Waals surface area (Å²) in [5.74, 6) is 0.941. The second-order valence-electron chi connectivity index (χ2n) is 11.6. The molecule has 3 nitrogen and oxygen atoms in total. The number of hydrogen-bond donors (Lipinski definition) is 0. The van der Waals surface area contributed by atoms with Crippen LogP contribution in [0.25, 0.3) is 94.2 Å². The molecule has 0 N–H and O–H groups in total. The maximum absolute atomic E-state index is 6.49. The summed E-state index contributed by atoms with van der Waals surface area (Å²) in [4.78, 5) is 5.00. The summed E-state index contributed by atoms with van der Waals surface area (Å²) in [6.07, 6.45) is 0. The van der Waals surface area contributed by atoms with Gasteiger partial charge in [0.05, 0.1) is 11.0 Å². The second-order valence-corrected chi connectivity index (χ2v) is 11.6. The SMILES string of the molecule is c1ccc(-c2nc3ccccc3n2-c2ccc(-c3ccc4oc5cc6c7c(cccc7c5c4c3)-c3ccccc3-6)cc2)cc1. The van der Waals surface area contributed by atoms with Gasteiger partial charge in [-0.3, -0.25) is 4.57 Å². The van der Waals surface area contributed by atoms with Crippen LogP contribution in [0.15, 0.2) is 150 Å². The Bertz CT molecular complexity index is 2590. The lowest BCUT2D eigenvalue weighted by Gasteiger charge is -2.11. The Kier molecular flexibility index (Phi) is 4.72. The van der Waals surface area contributed by atoms with Crippen LogP contribution in [0, 0.1) is 0 Å². The molecule has 10 rings (SSSR count). The number of para-hydroxylation sites is 2. The summed E-state index contributed by atoms with van der Waals surface area (Å²) in [7, 11) is 0. The van der Waals surface area contributed by atoms with Crippen molar-refractivity contribution < 1.29 is 4.42 Å². The molecule has 0 aliphatic heterocycles. The fourth-order valence-corrected chi connectivity index (χ4v) is 7.19. The van der Waals surface area contributed by atoms with E-state index in [1.807, 2.05) is 12.1 Å². The molecule has 0 amide bonds. The normalized spacial score (nSPS) is 12.1. The predicted molar refractivity (Wildman–Crippen MR) is 181 cm³/mol. The van der Waals surface area contributed by atoms with Crippen LogP contribution in [-0.4, -0.2) is 9.55 Å². The van der Waals surface area contributed by atoms with Crippen molar-refractivity contribution in [2.45, 2.75) is 0 Å². The third-order valence-corrected chi connectivity index (χ3v) is 9.15. The number of imidazole rings is 1. The Morgan fingerprint density at radius 2 is 1.18 bits per heavy atom. The van der Waals surface area contributed by atoms with Gasteiger partial charge < -0.3 is 4.42 Å². The van der Waals surface area contributed by atoms with E-state index in [0.29, 0.717) is 0 Å². The lowest BCUT2D eigenvalue weighted by atomic mass is 9.97. The minimum atomic E-state index is 0.912.